The molecule has 0 spiro atoms. The van der Waals surface area contributed by atoms with Crippen LogP contribution in [0.4, 0.5) is 0 Å². The third kappa shape index (κ3) is 13.9. The van der Waals surface area contributed by atoms with E-state index in [-0.39, 0.29) is 5.97 Å². The Morgan fingerprint density at radius 3 is 1.59 bits per heavy atom. The Labute approximate surface area is 170 Å². The molecule has 0 saturated carbocycles. The summed E-state index contributed by atoms with van der Waals surface area (Å²) in [6.07, 6.45) is 16.1. The van der Waals surface area contributed by atoms with E-state index < -0.39 is 0 Å². The van der Waals surface area contributed by atoms with Crippen LogP contribution in [0, 0.1) is 0 Å². The zero-order valence-electron chi connectivity index (χ0n) is 19.0. The summed E-state index contributed by atoms with van der Waals surface area (Å²) in [5, 5.41) is 0. The van der Waals surface area contributed by atoms with Crippen LogP contribution >= 0.6 is 0 Å². The number of unbranched alkanes of at least 4 members (excludes halogenated alkanes) is 10. The monoisotopic (exact) mass is 382 g/mol. The van der Waals surface area contributed by atoms with Gasteiger partial charge in [0.05, 0.1) is 19.6 Å². The Hall–Kier alpha value is -0.830. The first-order chi connectivity index (χ1) is 13.0. The molecule has 0 aromatic rings. The van der Waals surface area contributed by atoms with E-state index in [1.165, 1.54) is 90.1 Å². The molecular formula is C24H48NO2+. The molecule has 0 aliphatic rings. The van der Waals surface area contributed by atoms with Gasteiger partial charge in [0, 0.05) is 5.57 Å². The molecule has 0 atom stereocenters. The van der Waals surface area contributed by atoms with Crippen LogP contribution in [0.5, 0.6) is 0 Å². The fourth-order valence-corrected chi connectivity index (χ4v) is 3.72. The number of ether oxygens (including phenoxy) is 1. The first-order valence-electron chi connectivity index (χ1n) is 11.7. The van der Waals surface area contributed by atoms with Gasteiger partial charge >= 0.3 is 5.97 Å². The number of likely N-dealkylation sites (N-methyl/N-ethyl adjacent to an activating group) is 1. The van der Waals surface area contributed by atoms with Gasteiger partial charge in [-0.1, -0.05) is 71.8 Å². The van der Waals surface area contributed by atoms with Gasteiger partial charge in [-0.25, -0.2) is 4.79 Å². The average Bonchev–Trinajstić information content (AvgIpc) is 2.66. The molecule has 0 N–H and O–H groups in total. The molecular weight excluding hydrogens is 334 g/mol. The highest BCUT2D eigenvalue weighted by Gasteiger charge is 2.25. The first kappa shape index (κ1) is 26.2. The molecule has 0 rings (SSSR count). The molecule has 0 bridgehead atoms. The molecule has 0 heterocycles. The van der Waals surface area contributed by atoms with E-state index in [2.05, 4.69) is 27.4 Å². The average molecular weight is 383 g/mol. The number of carbonyl (C=O) groups is 1. The summed E-state index contributed by atoms with van der Waals surface area (Å²) in [5.41, 5.74) is 0.497. The molecule has 0 fully saturated rings. The standard InChI is InChI=1S/C24H48NO2/c1-6-9-11-13-15-17-19-25(8-3,20-18-16-14-12-10-7-2)21-22-27-24(26)23(4)5/h4,6-22H2,1-3,5H3/q+1. The molecule has 0 saturated heterocycles. The quantitative estimate of drug-likeness (QED) is 0.108. The summed E-state index contributed by atoms with van der Waals surface area (Å²) < 4.78 is 6.53. The first-order valence-corrected chi connectivity index (χ1v) is 11.7. The van der Waals surface area contributed by atoms with Crippen LogP contribution in [0.2, 0.25) is 0 Å². The third-order valence-corrected chi connectivity index (χ3v) is 5.79. The van der Waals surface area contributed by atoms with Gasteiger partial charge in [0.25, 0.3) is 0 Å². The van der Waals surface area contributed by atoms with Crippen molar-refractivity contribution in [1.29, 1.82) is 0 Å². The summed E-state index contributed by atoms with van der Waals surface area (Å²) in [7, 11) is 0. The lowest BCUT2D eigenvalue weighted by Crippen LogP contribution is -2.51. The van der Waals surface area contributed by atoms with Crippen molar-refractivity contribution in [3.8, 4) is 0 Å². The normalized spacial score (nSPS) is 11.6. The van der Waals surface area contributed by atoms with E-state index in [9.17, 15) is 4.79 Å². The minimum Gasteiger partial charge on any atom is -0.456 e. The predicted octanol–water partition coefficient (Wildman–Crippen LogP) is 6.66. The highest BCUT2D eigenvalue weighted by atomic mass is 16.5. The summed E-state index contributed by atoms with van der Waals surface area (Å²) in [6.45, 7) is 17.3. The molecule has 3 heteroatoms. The zero-order chi connectivity index (χ0) is 20.4. The lowest BCUT2D eigenvalue weighted by Gasteiger charge is -2.38. The van der Waals surface area contributed by atoms with Gasteiger partial charge in [0.15, 0.2) is 0 Å². The van der Waals surface area contributed by atoms with Crippen LogP contribution in [0.15, 0.2) is 12.2 Å². The Balaban J connectivity index is 4.43. The number of hydrogen-bond donors (Lipinski definition) is 0. The van der Waals surface area contributed by atoms with Crippen molar-refractivity contribution in [3.63, 3.8) is 0 Å². The number of hydrogen-bond acceptors (Lipinski definition) is 2. The van der Waals surface area contributed by atoms with E-state index in [0.717, 1.165) is 17.6 Å². The van der Waals surface area contributed by atoms with E-state index in [0.29, 0.717) is 12.2 Å². The van der Waals surface area contributed by atoms with Crippen molar-refractivity contribution < 1.29 is 14.0 Å². The Kier molecular flexibility index (Phi) is 16.7. The largest absolute Gasteiger partial charge is 0.456 e. The molecule has 0 radical (unpaired) electrons. The summed E-state index contributed by atoms with van der Waals surface area (Å²) in [5.74, 6) is -0.247. The second-order valence-corrected chi connectivity index (χ2v) is 8.28. The third-order valence-electron chi connectivity index (χ3n) is 5.79. The van der Waals surface area contributed by atoms with Crippen LogP contribution < -0.4 is 0 Å². The second-order valence-electron chi connectivity index (χ2n) is 8.28. The van der Waals surface area contributed by atoms with Gasteiger partial charge in [-0.2, -0.15) is 0 Å². The lowest BCUT2D eigenvalue weighted by molar-refractivity contribution is -0.927. The van der Waals surface area contributed by atoms with Gasteiger partial charge < -0.3 is 9.22 Å². The van der Waals surface area contributed by atoms with Crippen molar-refractivity contribution in [3.05, 3.63) is 12.2 Å². The summed E-state index contributed by atoms with van der Waals surface area (Å²) >= 11 is 0. The Bertz CT molecular complexity index is 363. The second kappa shape index (κ2) is 17.3. The fraction of sp³-hybridized carbons (Fsp3) is 0.875. The van der Waals surface area contributed by atoms with Crippen molar-refractivity contribution in [2.45, 2.75) is 105 Å². The molecule has 0 aromatic heterocycles. The van der Waals surface area contributed by atoms with Crippen molar-refractivity contribution in [1.82, 2.24) is 0 Å². The molecule has 3 nitrogen and oxygen atoms in total. The molecule has 0 aliphatic carbocycles. The number of nitrogens with zero attached hydrogens (tertiary/aromatic N) is 1. The number of rotatable bonds is 19. The van der Waals surface area contributed by atoms with E-state index in [4.69, 9.17) is 4.74 Å². The smallest absolute Gasteiger partial charge is 0.333 e. The van der Waals surface area contributed by atoms with Gasteiger partial charge in [-0.15, -0.1) is 0 Å². The maximum atomic E-state index is 11.7. The summed E-state index contributed by atoms with van der Waals surface area (Å²) in [6, 6.07) is 0. The maximum Gasteiger partial charge on any atom is 0.333 e. The molecule has 0 aromatic carbocycles. The topological polar surface area (TPSA) is 26.3 Å². The van der Waals surface area contributed by atoms with Crippen molar-refractivity contribution >= 4 is 5.97 Å². The summed E-state index contributed by atoms with van der Waals surface area (Å²) in [4.78, 5) is 11.7. The van der Waals surface area contributed by atoms with Crippen LogP contribution in [0.3, 0.4) is 0 Å². The molecule has 0 amide bonds. The molecule has 0 aliphatic heterocycles. The molecule has 27 heavy (non-hydrogen) atoms. The van der Waals surface area contributed by atoms with E-state index in [1.807, 2.05) is 0 Å². The Morgan fingerprint density at radius 1 is 0.741 bits per heavy atom. The van der Waals surface area contributed by atoms with E-state index in [1.54, 1.807) is 6.92 Å². The highest BCUT2D eigenvalue weighted by Crippen LogP contribution is 2.16. The number of carbonyl (C=O) groups excluding carboxylic acids is 1. The highest BCUT2D eigenvalue weighted by molar-refractivity contribution is 5.86. The number of esters is 1. The minimum absolute atomic E-state index is 0.247. The van der Waals surface area contributed by atoms with Crippen molar-refractivity contribution in [2.24, 2.45) is 0 Å². The lowest BCUT2D eigenvalue weighted by atomic mass is 10.1. The van der Waals surface area contributed by atoms with Gasteiger partial charge in [0.2, 0.25) is 0 Å². The minimum atomic E-state index is -0.247. The number of quaternary nitrogens is 1. The van der Waals surface area contributed by atoms with Crippen LogP contribution in [-0.2, 0) is 9.53 Å². The van der Waals surface area contributed by atoms with Crippen LogP contribution in [-0.4, -0.2) is 43.2 Å². The predicted molar refractivity (Wildman–Crippen MR) is 118 cm³/mol. The van der Waals surface area contributed by atoms with Crippen molar-refractivity contribution in [2.75, 3.05) is 32.8 Å². The van der Waals surface area contributed by atoms with Gasteiger partial charge in [-0.3, -0.25) is 0 Å². The fourth-order valence-electron chi connectivity index (χ4n) is 3.72. The van der Waals surface area contributed by atoms with Gasteiger partial charge in [0.1, 0.15) is 13.2 Å². The van der Waals surface area contributed by atoms with Gasteiger partial charge in [-0.05, 0) is 39.5 Å². The van der Waals surface area contributed by atoms with Crippen LogP contribution in [0.1, 0.15) is 105 Å². The molecule has 0 unspecified atom stereocenters. The van der Waals surface area contributed by atoms with Crippen LogP contribution in [0.25, 0.3) is 0 Å². The zero-order valence-corrected chi connectivity index (χ0v) is 19.0. The SMILES string of the molecule is C=C(C)C(=O)OCC[N+](CC)(CCCCCCCC)CCCCCCCC. The Morgan fingerprint density at radius 2 is 1.19 bits per heavy atom. The van der Waals surface area contributed by atoms with E-state index >= 15 is 0 Å². The molecule has 160 valence electrons. The maximum absolute atomic E-state index is 11.7.